The van der Waals surface area contributed by atoms with Crippen LogP contribution in [0.15, 0.2) is 58.2 Å². The molecule has 26 heavy (non-hydrogen) atoms. The number of hydrogen-bond donors (Lipinski definition) is 1. The van der Waals surface area contributed by atoms with Gasteiger partial charge in [-0.2, -0.15) is 4.98 Å². The molecule has 0 atom stereocenters. The molecule has 2 aromatic heterocycles. The minimum Gasteiger partial charge on any atom is -0.464 e. The summed E-state index contributed by atoms with van der Waals surface area (Å²) in [6, 6.07) is 9.11. The van der Waals surface area contributed by atoms with Crippen molar-refractivity contribution < 1.29 is 22.8 Å². The number of carboxylic acid groups (broad SMARTS) is 1. The van der Waals surface area contributed by atoms with Gasteiger partial charge in [-0.3, -0.25) is 4.98 Å². The summed E-state index contributed by atoms with van der Waals surface area (Å²) in [6.45, 7) is 1.24. The maximum Gasteiger partial charge on any atom is 0.421 e. The Hall–Kier alpha value is -3.27. The van der Waals surface area contributed by atoms with Crippen molar-refractivity contribution in [3.8, 4) is 22.8 Å². The topological polar surface area (TPSA) is 126 Å². The Bertz CT molecular complexity index is 1030. The van der Waals surface area contributed by atoms with Gasteiger partial charge in [0, 0.05) is 30.1 Å². The molecule has 0 saturated carbocycles. The number of aromatic nitrogens is 3. The van der Waals surface area contributed by atoms with Crippen molar-refractivity contribution in [2.75, 3.05) is 6.54 Å². The standard InChI is InChI=1S/C16H14N4O5S/c1-2-20(16(21)22)26(23,24)13-5-3-4-12(10-13)14-18-15(25-19-14)11-6-8-17-9-7-11/h3-10H,2H2,1H3,(H,21,22). The third kappa shape index (κ3) is 3.26. The summed E-state index contributed by atoms with van der Waals surface area (Å²) in [5, 5.41) is 12.9. The molecule has 0 aliphatic rings. The predicted octanol–water partition coefficient (Wildman–Crippen LogP) is 2.49. The van der Waals surface area contributed by atoms with E-state index in [-0.39, 0.29) is 23.2 Å². The number of nitrogens with zero attached hydrogens (tertiary/aromatic N) is 4. The molecule has 1 amide bonds. The molecule has 0 radical (unpaired) electrons. The Balaban J connectivity index is 1.98. The van der Waals surface area contributed by atoms with Crippen LogP contribution in [-0.2, 0) is 10.0 Å². The fourth-order valence-electron chi connectivity index (χ4n) is 2.28. The van der Waals surface area contributed by atoms with Gasteiger partial charge in [0.1, 0.15) is 0 Å². The van der Waals surface area contributed by atoms with E-state index in [9.17, 15) is 13.2 Å². The van der Waals surface area contributed by atoms with Crippen LogP contribution in [0, 0.1) is 0 Å². The van der Waals surface area contributed by atoms with Crippen molar-refractivity contribution in [1.29, 1.82) is 0 Å². The molecule has 3 aromatic rings. The Morgan fingerprint density at radius 1 is 1.19 bits per heavy atom. The van der Waals surface area contributed by atoms with E-state index in [4.69, 9.17) is 9.63 Å². The van der Waals surface area contributed by atoms with E-state index in [1.807, 2.05) is 0 Å². The molecule has 2 heterocycles. The van der Waals surface area contributed by atoms with Gasteiger partial charge in [-0.25, -0.2) is 17.5 Å². The Morgan fingerprint density at radius 3 is 2.58 bits per heavy atom. The molecular formula is C16H14N4O5S. The number of hydrogen-bond acceptors (Lipinski definition) is 7. The summed E-state index contributed by atoms with van der Waals surface area (Å²) in [4.78, 5) is 19.1. The molecule has 0 saturated heterocycles. The van der Waals surface area contributed by atoms with Crippen LogP contribution >= 0.6 is 0 Å². The zero-order valence-electron chi connectivity index (χ0n) is 13.6. The molecule has 0 aliphatic carbocycles. The highest BCUT2D eigenvalue weighted by Gasteiger charge is 2.28. The summed E-state index contributed by atoms with van der Waals surface area (Å²) in [6.07, 6.45) is 1.62. The van der Waals surface area contributed by atoms with Crippen molar-refractivity contribution >= 4 is 16.1 Å². The van der Waals surface area contributed by atoms with Crippen molar-refractivity contribution in [3.63, 3.8) is 0 Å². The first kappa shape index (κ1) is 17.5. The van der Waals surface area contributed by atoms with Crippen LogP contribution in [0.4, 0.5) is 4.79 Å². The smallest absolute Gasteiger partial charge is 0.421 e. The molecule has 3 rings (SSSR count). The van der Waals surface area contributed by atoms with Crippen LogP contribution in [0.25, 0.3) is 22.8 Å². The van der Waals surface area contributed by atoms with Crippen LogP contribution in [-0.4, -0.2) is 45.6 Å². The summed E-state index contributed by atoms with van der Waals surface area (Å²) >= 11 is 0. The molecule has 1 aromatic carbocycles. The Morgan fingerprint density at radius 2 is 1.92 bits per heavy atom. The molecule has 0 bridgehead atoms. The van der Waals surface area contributed by atoms with Gasteiger partial charge in [-0.1, -0.05) is 17.3 Å². The summed E-state index contributed by atoms with van der Waals surface area (Å²) in [5.74, 6) is 0.448. The molecule has 134 valence electrons. The normalized spacial score (nSPS) is 11.3. The second-order valence-electron chi connectivity index (χ2n) is 5.14. The largest absolute Gasteiger partial charge is 0.464 e. The van der Waals surface area contributed by atoms with Gasteiger partial charge in [-0.15, -0.1) is 0 Å². The average Bonchev–Trinajstić information content (AvgIpc) is 3.13. The quantitative estimate of drug-likeness (QED) is 0.722. The molecule has 1 N–H and O–H groups in total. The van der Waals surface area contributed by atoms with Crippen LogP contribution in [0.3, 0.4) is 0 Å². The second-order valence-corrected chi connectivity index (χ2v) is 7.00. The van der Waals surface area contributed by atoms with Crippen LogP contribution in [0.1, 0.15) is 6.92 Å². The molecule has 0 fully saturated rings. The molecule has 0 unspecified atom stereocenters. The van der Waals surface area contributed by atoms with E-state index in [0.29, 0.717) is 15.4 Å². The lowest BCUT2D eigenvalue weighted by molar-refractivity contribution is 0.173. The zero-order valence-corrected chi connectivity index (χ0v) is 14.4. The molecular weight excluding hydrogens is 360 g/mol. The SMILES string of the molecule is CCN(C(=O)O)S(=O)(=O)c1cccc(-c2noc(-c3ccncc3)n2)c1. The summed E-state index contributed by atoms with van der Waals surface area (Å²) in [5.41, 5.74) is 1.06. The van der Waals surface area contributed by atoms with Gasteiger partial charge in [0.25, 0.3) is 15.9 Å². The van der Waals surface area contributed by atoms with Crippen molar-refractivity contribution in [3.05, 3.63) is 48.8 Å². The predicted molar refractivity (Wildman–Crippen MR) is 90.6 cm³/mol. The van der Waals surface area contributed by atoms with E-state index in [2.05, 4.69) is 15.1 Å². The van der Waals surface area contributed by atoms with E-state index >= 15 is 0 Å². The number of pyridine rings is 1. The van der Waals surface area contributed by atoms with E-state index in [1.54, 1.807) is 30.6 Å². The first-order valence-electron chi connectivity index (χ1n) is 7.53. The number of carbonyl (C=O) groups is 1. The highest BCUT2D eigenvalue weighted by Crippen LogP contribution is 2.25. The van der Waals surface area contributed by atoms with Crippen molar-refractivity contribution in [2.45, 2.75) is 11.8 Å². The molecule has 10 heteroatoms. The Labute approximate surface area is 149 Å². The minimum absolute atomic E-state index is 0.172. The van der Waals surface area contributed by atoms with E-state index in [1.165, 1.54) is 25.1 Å². The zero-order chi connectivity index (χ0) is 18.7. The average molecular weight is 374 g/mol. The van der Waals surface area contributed by atoms with Gasteiger partial charge in [-0.05, 0) is 31.2 Å². The van der Waals surface area contributed by atoms with Crippen molar-refractivity contribution in [1.82, 2.24) is 19.4 Å². The lowest BCUT2D eigenvalue weighted by Gasteiger charge is -2.17. The molecule has 0 spiro atoms. The lowest BCUT2D eigenvalue weighted by Crippen LogP contribution is -2.35. The van der Waals surface area contributed by atoms with E-state index in [0.717, 1.165) is 0 Å². The highest BCUT2D eigenvalue weighted by atomic mass is 32.2. The third-order valence-electron chi connectivity index (χ3n) is 3.53. The van der Waals surface area contributed by atoms with Crippen LogP contribution in [0.5, 0.6) is 0 Å². The lowest BCUT2D eigenvalue weighted by atomic mass is 10.2. The fourth-order valence-corrected chi connectivity index (χ4v) is 3.61. The van der Waals surface area contributed by atoms with Gasteiger partial charge in [0.05, 0.1) is 4.90 Å². The number of sulfonamides is 1. The highest BCUT2D eigenvalue weighted by molar-refractivity contribution is 7.89. The van der Waals surface area contributed by atoms with E-state index < -0.39 is 16.1 Å². The maximum atomic E-state index is 12.5. The first-order chi connectivity index (χ1) is 12.4. The van der Waals surface area contributed by atoms with Gasteiger partial charge in [0.2, 0.25) is 5.82 Å². The minimum atomic E-state index is -4.19. The number of amides is 1. The van der Waals surface area contributed by atoms with Crippen molar-refractivity contribution in [2.24, 2.45) is 0 Å². The maximum absolute atomic E-state index is 12.5. The molecule has 9 nitrogen and oxygen atoms in total. The van der Waals surface area contributed by atoms with Gasteiger partial charge < -0.3 is 9.63 Å². The van der Waals surface area contributed by atoms with Crippen LogP contribution < -0.4 is 0 Å². The van der Waals surface area contributed by atoms with Crippen LogP contribution in [0.2, 0.25) is 0 Å². The monoisotopic (exact) mass is 374 g/mol. The first-order valence-corrected chi connectivity index (χ1v) is 8.97. The van der Waals surface area contributed by atoms with Gasteiger partial charge in [0.15, 0.2) is 0 Å². The molecule has 0 aliphatic heterocycles. The summed E-state index contributed by atoms with van der Waals surface area (Å²) < 4.78 is 30.5. The Kier molecular flexibility index (Phi) is 4.67. The number of benzene rings is 1. The van der Waals surface area contributed by atoms with Gasteiger partial charge >= 0.3 is 6.09 Å². The second kappa shape index (κ2) is 6.92. The fraction of sp³-hybridized carbons (Fsp3) is 0.125. The third-order valence-corrected chi connectivity index (χ3v) is 5.38. The number of rotatable bonds is 5. The summed E-state index contributed by atoms with van der Waals surface area (Å²) in [7, 11) is -4.19.